The molecule has 37 heavy (non-hydrogen) atoms. The second-order valence-electron chi connectivity index (χ2n) is 10.6. The number of Topliss-reactive ketones (excluding diaryl/α,β-unsaturated/α-hetero) is 1. The van der Waals surface area contributed by atoms with Crippen LogP contribution in [-0.4, -0.2) is 30.8 Å². The molecule has 0 saturated carbocycles. The average molecular weight is 500 g/mol. The summed E-state index contributed by atoms with van der Waals surface area (Å²) < 4.78 is 11.2. The molecule has 6 nitrogen and oxygen atoms in total. The quantitative estimate of drug-likeness (QED) is 0.287. The Balaban J connectivity index is 1.32. The Morgan fingerprint density at radius 2 is 1.51 bits per heavy atom. The molecule has 6 heteroatoms. The summed E-state index contributed by atoms with van der Waals surface area (Å²) in [6.45, 7) is 10.3. The molecule has 1 aliphatic heterocycles. The van der Waals surface area contributed by atoms with Gasteiger partial charge in [-0.05, 0) is 78.4 Å². The molecule has 0 unspecified atom stereocenters. The second-order valence-corrected chi connectivity index (χ2v) is 10.6. The van der Waals surface area contributed by atoms with Crippen molar-refractivity contribution in [1.82, 2.24) is 0 Å². The van der Waals surface area contributed by atoms with Gasteiger partial charge in [-0.15, -0.1) is 0 Å². The van der Waals surface area contributed by atoms with Gasteiger partial charge in [-0.3, -0.25) is 14.4 Å². The lowest BCUT2D eigenvalue weighted by molar-refractivity contribution is -0.147. The molecular formula is C31H33NO5. The fourth-order valence-electron chi connectivity index (χ4n) is 4.22. The van der Waals surface area contributed by atoms with Crippen molar-refractivity contribution < 1.29 is 23.9 Å². The fraction of sp³-hybridized carbons (Fsp3) is 0.323. The third-order valence-corrected chi connectivity index (χ3v) is 6.74. The lowest BCUT2D eigenvalue weighted by Gasteiger charge is -2.19. The van der Waals surface area contributed by atoms with E-state index in [2.05, 4.69) is 32.9 Å². The lowest BCUT2D eigenvalue weighted by Crippen LogP contribution is -2.27. The standard InChI is InChI=1S/C31H33NO5/c1-20-6-7-22(16-21(20)2)28(33)19-36-30(35)23-17-29(34)32(18-23)25-10-14-27(15-11-25)37-26-12-8-24(9-13-26)31(3,4)5/h6-16,23H,17-19H2,1-5H3/t23-/m1/s1. The van der Waals surface area contributed by atoms with Crippen molar-refractivity contribution in [2.24, 2.45) is 5.92 Å². The molecule has 0 radical (unpaired) electrons. The minimum Gasteiger partial charge on any atom is -0.457 e. The van der Waals surface area contributed by atoms with Crippen LogP contribution in [0.15, 0.2) is 66.7 Å². The molecule has 0 bridgehead atoms. The van der Waals surface area contributed by atoms with Gasteiger partial charge >= 0.3 is 5.97 Å². The predicted octanol–water partition coefficient (Wildman–Crippen LogP) is 6.17. The smallest absolute Gasteiger partial charge is 0.311 e. The molecule has 1 amide bonds. The topological polar surface area (TPSA) is 72.9 Å². The monoisotopic (exact) mass is 499 g/mol. The van der Waals surface area contributed by atoms with Gasteiger partial charge in [-0.2, -0.15) is 0 Å². The summed E-state index contributed by atoms with van der Waals surface area (Å²) in [6.07, 6.45) is 0.0506. The SMILES string of the molecule is Cc1ccc(C(=O)COC(=O)[C@@H]2CC(=O)N(c3ccc(Oc4ccc(C(C)(C)C)cc4)cc3)C2)cc1C. The molecule has 0 aromatic heterocycles. The van der Waals surface area contributed by atoms with Crippen LogP contribution in [0.25, 0.3) is 0 Å². The van der Waals surface area contributed by atoms with Gasteiger partial charge in [-0.1, -0.05) is 45.0 Å². The van der Waals surface area contributed by atoms with E-state index in [1.807, 2.05) is 32.0 Å². The van der Waals surface area contributed by atoms with Crippen molar-refractivity contribution in [1.29, 1.82) is 0 Å². The first-order valence-electron chi connectivity index (χ1n) is 12.5. The van der Waals surface area contributed by atoms with E-state index in [0.717, 1.165) is 16.9 Å². The van der Waals surface area contributed by atoms with Gasteiger partial charge in [0.1, 0.15) is 11.5 Å². The van der Waals surface area contributed by atoms with E-state index in [9.17, 15) is 14.4 Å². The molecule has 1 heterocycles. The van der Waals surface area contributed by atoms with Gasteiger partial charge in [0.15, 0.2) is 12.4 Å². The number of carbonyl (C=O) groups excluding carboxylic acids is 3. The summed E-state index contributed by atoms with van der Waals surface area (Å²) in [5.74, 6) is -0.185. The Labute approximate surface area is 218 Å². The number of hydrogen-bond donors (Lipinski definition) is 0. The number of aryl methyl sites for hydroxylation is 2. The number of rotatable bonds is 7. The Bertz CT molecular complexity index is 1300. The largest absolute Gasteiger partial charge is 0.457 e. The van der Waals surface area contributed by atoms with Crippen LogP contribution in [0.4, 0.5) is 5.69 Å². The maximum absolute atomic E-state index is 12.6. The third kappa shape index (κ3) is 6.26. The number of esters is 1. The predicted molar refractivity (Wildman–Crippen MR) is 143 cm³/mol. The van der Waals surface area contributed by atoms with E-state index in [1.165, 1.54) is 5.56 Å². The first kappa shape index (κ1) is 26.1. The molecule has 3 aromatic rings. The zero-order valence-corrected chi connectivity index (χ0v) is 22.0. The normalized spacial score (nSPS) is 15.5. The number of ether oxygens (including phenoxy) is 2. The Kier molecular flexibility index (Phi) is 7.48. The number of nitrogens with zero attached hydrogens (tertiary/aromatic N) is 1. The van der Waals surface area contributed by atoms with Gasteiger partial charge in [0.2, 0.25) is 5.91 Å². The van der Waals surface area contributed by atoms with Crippen molar-refractivity contribution in [3.63, 3.8) is 0 Å². The molecule has 192 valence electrons. The summed E-state index contributed by atoms with van der Waals surface area (Å²) in [6, 6.07) is 20.6. The van der Waals surface area contributed by atoms with E-state index in [0.29, 0.717) is 17.0 Å². The van der Waals surface area contributed by atoms with Crippen LogP contribution in [0, 0.1) is 19.8 Å². The number of carbonyl (C=O) groups is 3. The molecule has 1 aliphatic rings. The van der Waals surface area contributed by atoms with Gasteiger partial charge in [-0.25, -0.2) is 0 Å². The summed E-state index contributed by atoms with van der Waals surface area (Å²) in [7, 11) is 0. The maximum Gasteiger partial charge on any atom is 0.311 e. The minimum absolute atomic E-state index is 0.0506. The van der Waals surface area contributed by atoms with E-state index < -0.39 is 11.9 Å². The zero-order chi connectivity index (χ0) is 26.7. The van der Waals surface area contributed by atoms with Gasteiger partial charge in [0.05, 0.1) is 5.92 Å². The van der Waals surface area contributed by atoms with E-state index in [4.69, 9.17) is 9.47 Å². The minimum atomic E-state index is -0.614. The molecule has 0 aliphatic carbocycles. The Morgan fingerprint density at radius 3 is 2.11 bits per heavy atom. The average Bonchev–Trinajstić information content (AvgIpc) is 3.26. The molecule has 1 fully saturated rings. The van der Waals surface area contributed by atoms with Crippen LogP contribution in [-0.2, 0) is 19.7 Å². The van der Waals surface area contributed by atoms with E-state index >= 15 is 0 Å². The van der Waals surface area contributed by atoms with Gasteiger partial charge in [0, 0.05) is 24.2 Å². The lowest BCUT2D eigenvalue weighted by atomic mass is 9.87. The van der Waals surface area contributed by atoms with Crippen LogP contribution in [0.3, 0.4) is 0 Å². The number of anilines is 1. The Morgan fingerprint density at radius 1 is 0.892 bits per heavy atom. The highest BCUT2D eigenvalue weighted by Gasteiger charge is 2.36. The number of hydrogen-bond acceptors (Lipinski definition) is 5. The summed E-state index contributed by atoms with van der Waals surface area (Å²) in [5.41, 5.74) is 4.58. The molecular weight excluding hydrogens is 466 g/mol. The summed E-state index contributed by atoms with van der Waals surface area (Å²) in [4.78, 5) is 39.2. The van der Waals surface area contributed by atoms with Crippen LogP contribution < -0.4 is 9.64 Å². The zero-order valence-electron chi connectivity index (χ0n) is 22.0. The van der Waals surface area contributed by atoms with Crippen LogP contribution >= 0.6 is 0 Å². The van der Waals surface area contributed by atoms with Crippen LogP contribution in [0.2, 0.25) is 0 Å². The highest BCUT2D eigenvalue weighted by molar-refractivity contribution is 6.01. The van der Waals surface area contributed by atoms with Crippen molar-refractivity contribution in [2.45, 2.75) is 46.5 Å². The number of benzene rings is 3. The first-order chi connectivity index (χ1) is 17.5. The van der Waals surface area contributed by atoms with Crippen molar-refractivity contribution >= 4 is 23.3 Å². The highest BCUT2D eigenvalue weighted by Crippen LogP contribution is 2.30. The van der Waals surface area contributed by atoms with E-state index in [-0.39, 0.29) is 36.7 Å². The summed E-state index contributed by atoms with van der Waals surface area (Å²) >= 11 is 0. The maximum atomic E-state index is 12.6. The van der Waals surface area contributed by atoms with Crippen molar-refractivity contribution in [2.75, 3.05) is 18.1 Å². The molecule has 1 atom stereocenters. The van der Waals surface area contributed by atoms with E-state index in [1.54, 1.807) is 41.3 Å². The van der Waals surface area contributed by atoms with Gasteiger partial charge in [0.25, 0.3) is 0 Å². The highest BCUT2D eigenvalue weighted by atomic mass is 16.5. The molecule has 3 aromatic carbocycles. The van der Waals surface area contributed by atoms with Crippen molar-refractivity contribution in [3.05, 3.63) is 89.0 Å². The van der Waals surface area contributed by atoms with Gasteiger partial charge < -0.3 is 14.4 Å². The summed E-state index contributed by atoms with van der Waals surface area (Å²) in [5, 5.41) is 0. The Hall–Kier alpha value is -3.93. The third-order valence-electron chi connectivity index (χ3n) is 6.74. The van der Waals surface area contributed by atoms with Crippen LogP contribution in [0.1, 0.15) is 54.2 Å². The number of ketones is 1. The fourth-order valence-corrected chi connectivity index (χ4v) is 4.22. The molecule has 0 N–H and O–H groups in total. The first-order valence-corrected chi connectivity index (χ1v) is 12.5. The molecule has 0 spiro atoms. The molecule has 4 rings (SSSR count). The van der Waals surface area contributed by atoms with Crippen LogP contribution in [0.5, 0.6) is 11.5 Å². The number of amides is 1. The van der Waals surface area contributed by atoms with Crippen molar-refractivity contribution in [3.8, 4) is 11.5 Å². The second kappa shape index (κ2) is 10.6. The molecule has 1 saturated heterocycles.